The van der Waals surface area contributed by atoms with Crippen LogP contribution in [0.3, 0.4) is 0 Å². The predicted molar refractivity (Wildman–Crippen MR) is 104 cm³/mol. The number of likely N-dealkylation sites (tertiary alicyclic amines) is 2. The second kappa shape index (κ2) is 8.88. The Morgan fingerprint density at radius 3 is 2.70 bits per heavy atom. The van der Waals surface area contributed by atoms with Crippen molar-refractivity contribution < 1.29 is 14.4 Å². The lowest BCUT2D eigenvalue weighted by Crippen LogP contribution is -2.39. The molecule has 1 unspecified atom stereocenters. The Kier molecular flexibility index (Phi) is 6.32. The van der Waals surface area contributed by atoms with E-state index in [2.05, 4.69) is 10.6 Å². The summed E-state index contributed by atoms with van der Waals surface area (Å²) in [4.78, 5) is 40.4. The van der Waals surface area contributed by atoms with Crippen LogP contribution in [0, 0.1) is 0 Å². The number of hydrogen-bond acceptors (Lipinski definition) is 3. The summed E-state index contributed by atoms with van der Waals surface area (Å²) < 4.78 is 0. The summed E-state index contributed by atoms with van der Waals surface area (Å²) in [5.41, 5.74) is 1.16. The monoisotopic (exact) mass is 372 g/mol. The highest BCUT2D eigenvalue weighted by Gasteiger charge is 2.29. The molecule has 146 valence electrons. The fourth-order valence-electron chi connectivity index (χ4n) is 3.72. The molecule has 4 amide bonds. The van der Waals surface area contributed by atoms with Crippen LogP contribution in [0.15, 0.2) is 24.3 Å². The number of benzene rings is 1. The molecule has 0 spiro atoms. The van der Waals surface area contributed by atoms with E-state index < -0.39 is 0 Å². The van der Waals surface area contributed by atoms with Crippen molar-refractivity contribution >= 4 is 23.5 Å². The Hall–Kier alpha value is -2.57. The van der Waals surface area contributed by atoms with E-state index in [4.69, 9.17) is 0 Å². The Morgan fingerprint density at radius 2 is 1.96 bits per heavy atom. The number of hydrogen-bond donors (Lipinski definition) is 2. The second-order valence-electron chi connectivity index (χ2n) is 7.27. The summed E-state index contributed by atoms with van der Waals surface area (Å²) >= 11 is 0. The predicted octanol–water partition coefficient (Wildman–Crippen LogP) is 2.45. The molecule has 27 heavy (non-hydrogen) atoms. The van der Waals surface area contributed by atoms with Gasteiger partial charge in [-0.05, 0) is 43.9 Å². The number of piperidine rings is 1. The molecule has 2 saturated heterocycles. The van der Waals surface area contributed by atoms with Gasteiger partial charge < -0.3 is 20.4 Å². The van der Waals surface area contributed by atoms with Crippen LogP contribution in [0.5, 0.6) is 0 Å². The molecule has 3 rings (SSSR count). The molecule has 2 heterocycles. The summed E-state index contributed by atoms with van der Waals surface area (Å²) in [7, 11) is 0. The van der Waals surface area contributed by atoms with Crippen LogP contribution >= 0.6 is 0 Å². The van der Waals surface area contributed by atoms with Crippen LogP contribution in [-0.4, -0.2) is 59.9 Å². The highest BCUT2D eigenvalue weighted by atomic mass is 16.2. The molecule has 0 aromatic heterocycles. The van der Waals surface area contributed by atoms with Gasteiger partial charge in [0.05, 0.1) is 6.04 Å². The largest absolute Gasteiger partial charge is 0.341 e. The molecular formula is C20H28N4O3. The molecule has 7 heteroatoms. The Balaban J connectivity index is 1.55. The maximum atomic E-state index is 12.6. The van der Waals surface area contributed by atoms with E-state index in [0.29, 0.717) is 24.2 Å². The Morgan fingerprint density at radius 1 is 1.19 bits per heavy atom. The van der Waals surface area contributed by atoms with Gasteiger partial charge in [0.2, 0.25) is 5.91 Å². The number of carbonyl (C=O) groups is 3. The van der Waals surface area contributed by atoms with Gasteiger partial charge >= 0.3 is 6.03 Å². The molecule has 2 aliphatic heterocycles. The van der Waals surface area contributed by atoms with Crippen molar-refractivity contribution in [2.45, 2.75) is 45.1 Å². The maximum absolute atomic E-state index is 12.6. The average Bonchev–Trinajstić information content (AvgIpc) is 3.01. The van der Waals surface area contributed by atoms with Gasteiger partial charge in [-0.1, -0.05) is 13.0 Å². The number of amides is 4. The van der Waals surface area contributed by atoms with Gasteiger partial charge in [-0.15, -0.1) is 0 Å². The topological polar surface area (TPSA) is 81.8 Å². The molecule has 2 aliphatic rings. The van der Waals surface area contributed by atoms with Crippen LogP contribution in [0.2, 0.25) is 0 Å². The van der Waals surface area contributed by atoms with E-state index in [1.54, 1.807) is 29.2 Å². The van der Waals surface area contributed by atoms with E-state index in [1.165, 1.54) is 6.42 Å². The van der Waals surface area contributed by atoms with Crippen molar-refractivity contribution in [1.29, 1.82) is 0 Å². The number of carbonyl (C=O) groups excluding carboxylic acids is 3. The van der Waals surface area contributed by atoms with Crippen molar-refractivity contribution in [3.05, 3.63) is 29.8 Å². The van der Waals surface area contributed by atoms with E-state index in [0.717, 1.165) is 38.9 Å². The molecule has 2 fully saturated rings. The first-order chi connectivity index (χ1) is 13.1. The zero-order valence-corrected chi connectivity index (χ0v) is 15.9. The molecule has 1 aromatic carbocycles. The van der Waals surface area contributed by atoms with Crippen molar-refractivity contribution in [3.8, 4) is 0 Å². The Bertz CT molecular complexity index is 700. The SMILES string of the molecule is CCCN1CC(NC(=O)Nc2cccc(C(=O)N3CCCCC3)c2)CC1=O. The first kappa shape index (κ1) is 19.2. The van der Waals surface area contributed by atoms with Crippen molar-refractivity contribution in [2.75, 3.05) is 31.5 Å². The number of urea groups is 1. The highest BCUT2D eigenvalue weighted by molar-refractivity contribution is 5.97. The molecule has 0 saturated carbocycles. The molecule has 1 aromatic rings. The summed E-state index contributed by atoms with van der Waals surface area (Å²) in [6.07, 6.45) is 4.50. The van der Waals surface area contributed by atoms with Gasteiger partial charge in [-0.3, -0.25) is 9.59 Å². The third-order valence-corrected chi connectivity index (χ3v) is 5.05. The van der Waals surface area contributed by atoms with E-state index >= 15 is 0 Å². The third-order valence-electron chi connectivity index (χ3n) is 5.05. The van der Waals surface area contributed by atoms with Crippen molar-refractivity contribution in [3.63, 3.8) is 0 Å². The van der Waals surface area contributed by atoms with Crippen LogP contribution in [0.1, 0.15) is 49.4 Å². The van der Waals surface area contributed by atoms with Gasteiger partial charge in [0.15, 0.2) is 0 Å². The molecule has 2 N–H and O–H groups in total. The smallest absolute Gasteiger partial charge is 0.319 e. The highest BCUT2D eigenvalue weighted by Crippen LogP contribution is 2.17. The zero-order chi connectivity index (χ0) is 19.2. The first-order valence-electron chi connectivity index (χ1n) is 9.81. The number of nitrogens with one attached hydrogen (secondary N) is 2. The third kappa shape index (κ3) is 4.99. The van der Waals surface area contributed by atoms with Crippen LogP contribution in [-0.2, 0) is 4.79 Å². The molecular weight excluding hydrogens is 344 g/mol. The fourth-order valence-corrected chi connectivity index (χ4v) is 3.72. The van der Waals surface area contributed by atoms with Gasteiger partial charge in [0.1, 0.15) is 0 Å². The minimum Gasteiger partial charge on any atom is -0.341 e. The van der Waals surface area contributed by atoms with Crippen LogP contribution < -0.4 is 10.6 Å². The first-order valence-corrected chi connectivity index (χ1v) is 9.81. The van der Waals surface area contributed by atoms with E-state index in [-0.39, 0.29) is 23.9 Å². The van der Waals surface area contributed by atoms with Crippen molar-refractivity contribution in [2.24, 2.45) is 0 Å². The minimum atomic E-state index is -0.353. The lowest BCUT2D eigenvalue weighted by Gasteiger charge is -2.26. The zero-order valence-electron chi connectivity index (χ0n) is 15.9. The second-order valence-corrected chi connectivity index (χ2v) is 7.27. The van der Waals surface area contributed by atoms with Gasteiger partial charge in [-0.2, -0.15) is 0 Å². The van der Waals surface area contributed by atoms with Gasteiger partial charge in [0, 0.05) is 43.9 Å². The average molecular weight is 372 g/mol. The molecule has 1 atom stereocenters. The number of anilines is 1. The lowest BCUT2D eigenvalue weighted by atomic mass is 10.1. The molecule has 7 nitrogen and oxygen atoms in total. The van der Waals surface area contributed by atoms with Gasteiger partial charge in [0.25, 0.3) is 5.91 Å². The summed E-state index contributed by atoms with van der Waals surface area (Å²) in [5.74, 6) is 0.0895. The summed E-state index contributed by atoms with van der Waals surface area (Å²) in [6, 6.07) is 6.48. The Labute approximate surface area is 160 Å². The van der Waals surface area contributed by atoms with Crippen LogP contribution in [0.25, 0.3) is 0 Å². The fraction of sp³-hybridized carbons (Fsp3) is 0.550. The summed E-state index contributed by atoms with van der Waals surface area (Å²) in [5, 5.41) is 5.63. The number of nitrogens with zero attached hydrogens (tertiary/aromatic N) is 2. The standard InChI is InChI=1S/C20H28N4O3/c1-2-9-24-14-17(13-18(24)25)22-20(27)21-16-8-6-7-15(12-16)19(26)23-10-4-3-5-11-23/h6-8,12,17H,2-5,9-11,13-14H2,1H3,(H2,21,22,27). The van der Waals surface area contributed by atoms with E-state index in [1.807, 2.05) is 11.8 Å². The molecule has 0 aliphatic carbocycles. The summed E-state index contributed by atoms with van der Waals surface area (Å²) in [6.45, 7) is 4.88. The van der Waals surface area contributed by atoms with Gasteiger partial charge in [-0.25, -0.2) is 4.79 Å². The number of rotatable bonds is 5. The van der Waals surface area contributed by atoms with E-state index in [9.17, 15) is 14.4 Å². The lowest BCUT2D eigenvalue weighted by molar-refractivity contribution is -0.127. The molecule has 0 radical (unpaired) electrons. The quantitative estimate of drug-likeness (QED) is 0.833. The van der Waals surface area contributed by atoms with Crippen molar-refractivity contribution in [1.82, 2.24) is 15.1 Å². The molecule has 0 bridgehead atoms. The minimum absolute atomic E-state index is 0.00959. The normalized spacial score (nSPS) is 19.9. The maximum Gasteiger partial charge on any atom is 0.319 e. The van der Waals surface area contributed by atoms with Crippen LogP contribution in [0.4, 0.5) is 10.5 Å².